The highest BCUT2D eigenvalue weighted by molar-refractivity contribution is 5.27. The quantitative estimate of drug-likeness (QED) is 0.836. The van der Waals surface area contributed by atoms with Crippen LogP contribution in [0, 0.1) is 12.7 Å². The Morgan fingerprint density at radius 3 is 2.81 bits per heavy atom. The van der Waals surface area contributed by atoms with Crippen molar-refractivity contribution in [3.63, 3.8) is 0 Å². The Morgan fingerprint density at radius 2 is 2.19 bits per heavy atom. The lowest BCUT2D eigenvalue weighted by molar-refractivity contribution is 0.0394. The number of ether oxygens (including phenoxy) is 1. The first-order chi connectivity index (χ1) is 7.58. The lowest BCUT2D eigenvalue weighted by Gasteiger charge is -2.20. The second kappa shape index (κ2) is 4.52. The first kappa shape index (κ1) is 11.6. The van der Waals surface area contributed by atoms with Crippen LogP contribution in [0.3, 0.4) is 0 Å². The molecule has 2 rings (SSSR count). The second-order valence-electron chi connectivity index (χ2n) is 4.61. The summed E-state index contributed by atoms with van der Waals surface area (Å²) in [7, 11) is 0. The van der Waals surface area contributed by atoms with Gasteiger partial charge in [-0.1, -0.05) is 17.7 Å². The molecule has 1 aliphatic rings. The Hall–Kier alpha value is -0.930. The number of rotatable bonds is 2. The lowest BCUT2D eigenvalue weighted by atomic mass is 9.98. The van der Waals surface area contributed by atoms with E-state index in [1.54, 1.807) is 6.07 Å². The second-order valence-corrected chi connectivity index (χ2v) is 4.61. The van der Waals surface area contributed by atoms with Gasteiger partial charge in [-0.15, -0.1) is 0 Å². The summed E-state index contributed by atoms with van der Waals surface area (Å²) in [5, 5.41) is 0. The maximum absolute atomic E-state index is 13.6. The molecule has 0 radical (unpaired) electrons. The third-order valence-electron chi connectivity index (χ3n) is 3.18. The number of hydrogen-bond donors (Lipinski definition) is 1. The van der Waals surface area contributed by atoms with Crippen LogP contribution in [0.25, 0.3) is 0 Å². The fourth-order valence-corrected chi connectivity index (χ4v) is 2.22. The number of aryl methyl sites for hydroxylation is 1. The van der Waals surface area contributed by atoms with Gasteiger partial charge in [-0.25, -0.2) is 4.39 Å². The highest BCUT2D eigenvalue weighted by Gasteiger charge is 2.29. The summed E-state index contributed by atoms with van der Waals surface area (Å²) in [5.74, 6) is -0.235. The molecule has 1 aliphatic heterocycles. The van der Waals surface area contributed by atoms with E-state index < -0.39 is 0 Å². The largest absolute Gasteiger partial charge is 0.373 e. The number of nitrogens with two attached hydrogens (primary N) is 1. The Balaban J connectivity index is 2.20. The van der Waals surface area contributed by atoms with Gasteiger partial charge in [0.15, 0.2) is 0 Å². The molecule has 1 heterocycles. The molecule has 3 atom stereocenters. The molecule has 0 aromatic heterocycles. The molecule has 0 bridgehead atoms. The van der Waals surface area contributed by atoms with Crippen molar-refractivity contribution in [3.05, 3.63) is 35.1 Å². The Labute approximate surface area is 95.6 Å². The van der Waals surface area contributed by atoms with Crippen LogP contribution in [0.2, 0.25) is 0 Å². The molecule has 1 fully saturated rings. The van der Waals surface area contributed by atoms with Crippen molar-refractivity contribution in [2.24, 2.45) is 5.73 Å². The number of benzene rings is 1. The average molecular weight is 223 g/mol. The molecule has 0 aliphatic carbocycles. The van der Waals surface area contributed by atoms with Crippen LogP contribution < -0.4 is 5.73 Å². The van der Waals surface area contributed by atoms with E-state index in [4.69, 9.17) is 10.5 Å². The van der Waals surface area contributed by atoms with Crippen molar-refractivity contribution in [1.29, 1.82) is 0 Å². The van der Waals surface area contributed by atoms with Gasteiger partial charge in [0.1, 0.15) is 5.82 Å². The smallest absolute Gasteiger partial charge is 0.128 e. The van der Waals surface area contributed by atoms with Crippen molar-refractivity contribution < 1.29 is 9.13 Å². The van der Waals surface area contributed by atoms with E-state index in [-0.39, 0.29) is 24.1 Å². The predicted octanol–water partition coefficient (Wildman–Crippen LogP) is 2.70. The minimum Gasteiger partial charge on any atom is -0.373 e. The zero-order valence-corrected chi connectivity index (χ0v) is 9.74. The summed E-state index contributed by atoms with van der Waals surface area (Å²) in [6.45, 7) is 3.97. The summed E-state index contributed by atoms with van der Waals surface area (Å²) in [6, 6.07) is 4.68. The van der Waals surface area contributed by atoms with E-state index >= 15 is 0 Å². The van der Waals surface area contributed by atoms with Crippen LogP contribution in [-0.2, 0) is 4.74 Å². The lowest BCUT2D eigenvalue weighted by Crippen LogP contribution is -2.27. The van der Waals surface area contributed by atoms with Crippen molar-refractivity contribution in [1.82, 2.24) is 0 Å². The fraction of sp³-hybridized carbons (Fsp3) is 0.538. The molecule has 1 saturated heterocycles. The molecular weight excluding hydrogens is 205 g/mol. The Bertz CT molecular complexity index is 380. The van der Waals surface area contributed by atoms with Crippen LogP contribution in [0.4, 0.5) is 4.39 Å². The van der Waals surface area contributed by atoms with E-state index in [9.17, 15) is 4.39 Å². The van der Waals surface area contributed by atoms with E-state index in [1.807, 2.05) is 19.9 Å². The van der Waals surface area contributed by atoms with Gasteiger partial charge >= 0.3 is 0 Å². The number of hydrogen-bond acceptors (Lipinski definition) is 2. The van der Waals surface area contributed by atoms with Crippen molar-refractivity contribution in [2.45, 2.75) is 44.9 Å². The molecule has 1 aromatic rings. The standard InChI is InChI=1S/C13H18FNO/c1-8-3-5-11(14)10(7-8)13(15)12-6-4-9(2)16-12/h3,5,7,9,12-13H,4,6,15H2,1-2H3. The van der Waals surface area contributed by atoms with Crippen molar-refractivity contribution >= 4 is 0 Å². The predicted molar refractivity (Wildman–Crippen MR) is 61.6 cm³/mol. The maximum Gasteiger partial charge on any atom is 0.128 e. The third kappa shape index (κ3) is 2.25. The van der Waals surface area contributed by atoms with Crippen molar-refractivity contribution in [3.8, 4) is 0 Å². The van der Waals surface area contributed by atoms with Gasteiger partial charge in [-0.2, -0.15) is 0 Å². The summed E-state index contributed by atoms with van der Waals surface area (Å²) in [6.07, 6.45) is 2.11. The monoisotopic (exact) mass is 223 g/mol. The van der Waals surface area contributed by atoms with Gasteiger partial charge in [0.2, 0.25) is 0 Å². The van der Waals surface area contributed by atoms with Gasteiger partial charge in [0, 0.05) is 5.56 Å². The highest BCUT2D eigenvalue weighted by atomic mass is 19.1. The SMILES string of the molecule is Cc1ccc(F)c(C(N)C2CCC(C)O2)c1. The van der Waals surface area contributed by atoms with Gasteiger partial charge in [0.25, 0.3) is 0 Å². The third-order valence-corrected chi connectivity index (χ3v) is 3.18. The van der Waals surface area contributed by atoms with Crippen LogP contribution in [-0.4, -0.2) is 12.2 Å². The summed E-state index contributed by atoms with van der Waals surface area (Å²) in [5.41, 5.74) is 7.66. The van der Waals surface area contributed by atoms with E-state index in [0.717, 1.165) is 18.4 Å². The van der Waals surface area contributed by atoms with Gasteiger partial charge in [0.05, 0.1) is 18.2 Å². The van der Waals surface area contributed by atoms with Gasteiger partial charge < -0.3 is 10.5 Å². The molecule has 2 N–H and O–H groups in total. The zero-order valence-electron chi connectivity index (χ0n) is 9.74. The van der Waals surface area contributed by atoms with Crippen LogP contribution in [0.15, 0.2) is 18.2 Å². The van der Waals surface area contributed by atoms with Gasteiger partial charge in [-0.05, 0) is 32.8 Å². The molecule has 16 heavy (non-hydrogen) atoms. The first-order valence-corrected chi connectivity index (χ1v) is 5.75. The summed E-state index contributed by atoms with van der Waals surface area (Å²) >= 11 is 0. The molecule has 3 unspecified atom stereocenters. The van der Waals surface area contributed by atoms with Crippen LogP contribution in [0.1, 0.15) is 36.9 Å². The Morgan fingerprint density at radius 1 is 1.44 bits per heavy atom. The number of halogens is 1. The molecular formula is C13H18FNO. The molecule has 2 nitrogen and oxygen atoms in total. The molecule has 88 valence electrons. The van der Waals surface area contributed by atoms with E-state index in [0.29, 0.717) is 5.56 Å². The molecule has 0 amide bonds. The van der Waals surface area contributed by atoms with Gasteiger partial charge in [-0.3, -0.25) is 0 Å². The highest BCUT2D eigenvalue weighted by Crippen LogP contribution is 2.29. The fourth-order valence-electron chi connectivity index (χ4n) is 2.22. The molecule has 3 heteroatoms. The minimum absolute atomic E-state index is 0.0497. The van der Waals surface area contributed by atoms with Crippen molar-refractivity contribution in [2.75, 3.05) is 0 Å². The Kier molecular flexibility index (Phi) is 3.26. The molecule has 0 saturated carbocycles. The van der Waals surface area contributed by atoms with E-state index in [2.05, 4.69) is 0 Å². The maximum atomic E-state index is 13.6. The topological polar surface area (TPSA) is 35.2 Å². The molecule has 1 aromatic carbocycles. The average Bonchev–Trinajstić information content (AvgIpc) is 2.67. The zero-order chi connectivity index (χ0) is 11.7. The molecule has 0 spiro atoms. The van der Waals surface area contributed by atoms with Crippen LogP contribution >= 0.6 is 0 Å². The normalized spacial score (nSPS) is 27.0. The summed E-state index contributed by atoms with van der Waals surface area (Å²) in [4.78, 5) is 0. The summed E-state index contributed by atoms with van der Waals surface area (Å²) < 4.78 is 19.3. The van der Waals surface area contributed by atoms with E-state index in [1.165, 1.54) is 6.07 Å². The first-order valence-electron chi connectivity index (χ1n) is 5.75. The minimum atomic E-state index is -0.357. The van der Waals surface area contributed by atoms with Crippen LogP contribution in [0.5, 0.6) is 0 Å².